The second kappa shape index (κ2) is 10.1. The van der Waals surface area contributed by atoms with Crippen molar-refractivity contribution < 1.29 is 4.74 Å². The maximum absolute atomic E-state index is 6.02. The minimum absolute atomic E-state index is 0.579. The van der Waals surface area contributed by atoms with E-state index in [1.54, 1.807) is 0 Å². The molecule has 0 aromatic heterocycles. The third kappa shape index (κ3) is 7.27. The zero-order valence-electron chi connectivity index (χ0n) is 11.2. The molecule has 0 amide bonds. The van der Waals surface area contributed by atoms with Gasteiger partial charge in [-0.05, 0) is 19.3 Å². The molecule has 0 atom stereocenters. The van der Waals surface area contributed by atoms with Crippen LogP contribution in [0.5, 0.6) is 0 Å². The summed E-state index contributed by atoms with van der Waals surface area (Å²) < 4.78 is 6.02. The van der Waals surface area contributed by atoms with Crippen LogP contribution < -0.4 is 0 Å². The number of unbranched alkanes of at least 4 members (excludes halogenated alkanes) is 2. The van der Waals surface area contributed by atoms with E-state index in [1.165, 1.54) is 77.0 Å². The van der Waals surface area contributed by atoms with E-state index in [0.717, 1.165) is 6.61 Å². The first-order chi connectivity index (χ1) is 7.93. The van der Waals surface area contributed by atoms with Crippen LogP contribution in [0.2, 0.25) is 0 Å². The van der Waals surface area contributed by atoms with Crippen molar-refractivity contribution in [3.8, 4) is 0 Å². The Labute approximate surface area is 102 Å². The second-order valence-corrected chi connectivity index (χ2v) is 5.25. The third-order valence-corrected chi connectivity index (χ3v) is 3.65. The van der Waals surface area contributed by atoms with E-state index >= 15 is 0 Å². The Balaban J connectivity index is 2.09. The smallest absolute Gasteiger partial charge is 0.0575 e. The van der Waals surface area contributed by atoms with Crippen LogP contribution in [0.25, 0.3) is 0 Å². The van der Waals surface area contributed by atoms with Crippen molar-refractivity contribution in [3.05, 3.63) is 0 Å². The lowest BCUT2D eigenvalue weighted by molar-refractivity contribution is 0.0352. The highest BCUT2D eigenvalue weighted by Gasteiger charge is 2.09. The molecular formula is C15H30O. The van der Waals surface area contributed by atoms with Crippen LogP contribution >= 0.6 is 0 Å². The third-order valence-electron chi connectivity index (χ3n) is 3.65. The Morgan fingerprint density at radius 1 is 0.812 bits per heavy atom. The molecule has 0 unspecified atom stereocenters. The first-order valence-corrected chi connectivity index (χ1v) is 7.55. The van der Waals surface area contributed by atoms with Crippen LogP contribution in [0, 0.1) is 0 Å². The molecule has 0 aliphatic heterocycles. The normalized spacial score (nSPS) is 20.8. The van der Waals surface area contributed by atoms with Crippen LogP contribution in [0.15, 0.2) is 0 Å². The molecule has 0 bridgehead atoms. The average molecular weight is 226 g/mol. The molecule has 0 saturated heterocycles. The predicted molar refractivity (Wildman–Crippen MR) is 70.8 cm³/mol. The van der Waals surface area contributed by atoms with Gasteiger partial charge in [0.05, 0.1) is 6.10 Å². The lowest BCUT2D eigenvalue weighted by Gasteiger charge is -2.19. The SMILES string of the molecule is CCCCCOC1CCCCCCCCC1. The van der Waals surface area contributed by atoms with Gasteiger partial charge in [-0.1, -0.05) is 64.7 Å². The summed E-state index contributed by atoms with van der Waals surface area (Å²) in [5.74, 6) is 0. The molecule has 1 heteroatoms. The summed E-state index contributed by atoms with van der Waals surface area (Å²) in [7, 11) is 0. The Bertz CT molecular complexity index is 134. The summed E-state index contributed by atoms with van der Waals surface area (Å²) in [6, 6.07) is 0. The van der Waals surface area contributed by atoms with Gasteiger partial charge in [0.1, 0.15) is 0 Å². The van der Waals surface area contributed by atoms with Crippen LogP contribution in [-0.4, -0.2) is 12.7 Å². The maximum atomic E-state index is 6.02. The van der Waals surface area contributed by atoms with Crippen LogP contribution in [-0.2, 0) is 4.74 Å². The van der Waals surface area contributed by atoms with Crippen molar-refractivity contribution in [2.24, 2.45) is 0 Å². The van der Waals surface area contributed by atoms with Gasteiger partial charge in [0.2, 0.25) is 0 Å². The fourth-order valence-corrected chi connectivity index (χ4v) is 2.54. The van der Waals surface area contributed by atoms with Gasteiger partial charge in [0, 0.05) is 6.61 Å². The molecule has 0 aromatic carbocycles. The van der Waals surface area contributed by atoms with Gasteiger partial charge in [0.25, 0.3) is 0 Å². The Morgan fingerprint density at radius 2 is 1.38 bits per heavy atom. The molecule has 16 heavy (non-hydrogen) atoms. The molecule has 1 aliphatic rings. The minimum atomic E-state index is 0.579. The van der Waals surface area contributed by atoms with E-state index in [2.05, 4.69) is 6.92 Å². The number of hydrogen-bond donors (Lipinski definition) is 0. The zero-order valence-corrected chi connectivity index (χ0v) is 11.2. The van der Waals surface area contributed by atoms with Gasteiger partial charge in [-0.3, -0.25) is 0 Å². The lowest BCUT2D eigenvalue weighted by atomic mass is 9.99. The van der Waals surface area contributed by atoms with Gasteiger partial charge in [0.15, 0.2) is 0 Å². The molecule has 0 radical (unpaired) electrons. The molecular weight excluding hydrogens is 196 g/mol. The van der Waals surface area contributed by atoms with Gasteiger partial charge < -0.3 is 4.74 Å². The monoisotopic (exact) mass is 226 g/mol. The van der Waals surface area contributed by atoms with E-state index in [-0.39, 0.29) is 0 Å². The van der Waals surface area contributed by atoms with Crippen molar-refractivity contribution in [2.45, 2.75) is 90.1 Å². The number of ether oxygens (including phenoxy) is 1. The van der Waals surface area contributed by atoms with E-state index in [9.17, 15) is 0 Å². The zero-order chi connectivity index (χ0) is 11.5. The topological polar surface area (TPSA) is 9.23 Å². The van der Waals surface area contributed by atoms with E-state index in [4.69, 9.17) is 4.74 Å². The van der Waals surface area contributed by atoms with Crippen LogP contribution in [0.3, 0.4) is 0 Å². The largest absolute Gasteiger partial charge is 0.378 e. The molecule has 0 aromatic rings. The molecule has 1 saturated carbocycles. The van der Waals surface area contributed by atoms with Crippen molar-refractivity contribution in [1.29, 1.82) is 0 Å². The molecule has 1 fully saturated rings. The van der Waals surface area contributed by atoms with Gasteiger partial charge in [-0.2, -0.15) is 0 Å². The molecule has 0 spiro atoms. The van der Waals surface area contributed by atoms with Crippen LogP contribution in [0.4, 0.5) is 0 Å². The summed E-state index contributed by atoms with van der Waals surface area (Å²) in [6.07, 6.45) is 17.1. The van der Waals surface area contributed by atoms with Crippen molar-refractivity contribution in [1.82, 2.24) is 0 Å². The quantitative estimate of drug-likeness (QED) is 0.594. The Kier molecular flexibility index (Phi) is 8.88. The minimum Gasteiger partial charge on any atom is -0.378 e. The standard InChI is InChI=1S/C15H30O/c1-2-3-11-14-16-15-12-9-7-5-4-6-8-10-13-15/h15H,2-14H2,1H3. The summed E-state index contributed by atoms with van der Waals surface area (Å²) in [6.45, 7) is 3.25. The van der Waals surface area contributed by atoms with E-state index in [1.807, 2.05) is 0 Å². The number of rotatable bonds is 5. The molecule has 0 N–H and O–H groups in total. The Hall–Kier alpha value is -0.0400. The highest BCUT2D eigenvalue weighted by atomic mass is 16.5. The molecule has 1 aliphatic carbocycles. The maximum Gasteiger partial charge on any atom is 0.0575 e. The molecule has 1 nitrogen and oxygen atoms in total. The fraction of sp³-hybridized carbons (Fsp3) is 1.00. The molecule has 96 valence electrons. The molecule has 1 rings (SSSR count). The summed E-state index contributed by atoms with van der Waals surface area (Å²) in [4.78, 5) is 0. The summed E-state index contributed by atoms with van der Waals surface area (Å²) in [5, 5.41) is 0. The lowest BCUT2D eigenvalue weighted by Crippen LogP contribution is -2.14. The van der Waals surface area contributed by atoms with Gasteiger partial charge in [-0.15, -0.1) is 0 Å². The fourth-order valence-electron chi connectivity index (χ4n) is 2.54. The van der Waals surface area contributed by atoms with Crippen molar-refractivity contribution in [2.75, 3.05) is 6.61 Å². The first-order valence-electron chi connectivity index (χ1n) is 7.55. The predicted octanol–water partition coefficient (Wildman–Crippen LogP) is 5.09. The van der Waals surface area contributed by atoms with Gasteiger partial charge in [-0.25, -0.2) is 0 Å². The van der Waals surface area contributed by atoms with E-state index < -0.39 is 0 Å². The summed E-state index contributed by atoms with van der Waals surface area (Å²) >= 11 is 0. The molecule has 0 heterocycles. The van der Waals surface area contributed by atoms with Crippen molar-refractivity contribution >= 4 is 0 Å². The highest BCUT2D eigenvalue weighted by Crippen LogP contribution is 2.19. The second-order valence-electron chi connectivity index (χ2n) is 5.25. The first kappa shape index (κ1) is 14.0. The van der Waals surface area contributed by atoms with Crippen molar-refractivity contribution in [3.63, 3.8) is 0 Å². The highest BCUT2D eigenvalue weighted by molar-refractivity contribution is 4.62. The van der Waals surface area contributed by atoms with E-state index in [0.29, 0.717) is 6.10 Å². The number of hydrogen-bond acceptors (Lipinski definition) is 1. The summed E-state index contributed by atoms with van der Waals surface area (Å²) in [5.41, 5.74) is 0. The van der Waals surface area contributed by atoms with Crippen LogP contribution in [0.1, 0.15) is 84.0 Å². The average Bonchev–Trinajstić information content (AvgIpc) is 2.32. The van der Waals surface area contributed by atoms with Gasteiger partial charge >= 0.3 is 0 Å². The Morgan fingerprint density at radius 3 is 1.94 bits per heavy atom.